The van der Waals surface area contributed by atoms with Crippen LogP contribution in [0.15, 0.2) is 11.6 Å². The maximum absolute atomic E-state index is 11.9. The molecule has 4 rings (SSSR count). The van der Waals surface area contributed by atoms with Gasteiger partial charge in [0, 0.05) is 6.42 Å². The lowest BCUT2D eigenvalue weighted by atomic mass is 9.46. The lowest BCUT2D eigenvalue weighted by Gasteiger charge is -2.58. The quantitative estimate of drug-likeness (QED) is 0.772. The van der Waals surface area contributed by atoms with Crippen molar-refractivity contribution in [3.63, 3.8) is 0 Å². The van der Waals surface area contributed by atoms with Crippen molar-refractivity contribution in [1.29, 1.82) is 0 Å². The van der Waals surface area contributed by atoms with E-state index in [1.807, 2.05) is 13.0 Å². The number of hydrogen-bond acceptors (Lipinski definition) is 2. The van der Waals surface area contributed by atoms with Crippen LogP contribution in [0.25, 0.3) is 0 Å². The second-order valence-electron chi connectivity index (χ2n) is 9.44. The van der Waals surface area contributed by atoms with Crippen LogP contribution in [0.3, 0.4) is 0 Å². The van der Waals surface area contributed by atoms with Crippen molar-refractivity contribution in [2.24, 2.45) is 34.5 Å². The molecular formula is C21H32O2. The molecule has 0 aromatic rings. The smallest absolute Gasteiger partial charge is 0.155 e. The van der Waals surface area contributed by atoms with E-state index in [4.69, 9.17) is 0 Å². The fourth-order valence-electron chi connectivity index (χ4n) is 7.39. The summed E-state index contributed by atoms with van der Waals surface area (Å²) in [5.74, 6) is 3.21. The summed E-state index contributed by atoms with van der Waals surface area (Å²) >= 11 is 0. The summed E-state index contributed by atoms with van der Waals surface area (Å²) < 4.78 is 0. The molecule has 2 unspecified atom stereocenters. The average molecular weight is 316 g/mol. The minimum atomic E-state index is -0.163. The number of ketones is 1. The van der Waals surface area contributed by atoms with Crippen LogP contribution in [-0.2, 0) is 4.79 Å². The summed E-state index contributed by atoms with van der Waals surface area (Å²) in [6, 6.07) is 0. The van der Waals surface area contributed by atoms with Gasteiger partial charge >= 0.3 is 0 Å². The minimum Gasteiger partial charge on any atom is -0.393 e. The Balaban J connectivity index is 1.66. The van der Waals surface area contributed by atoms with Crippen LogP contribution < -0.4 is 0 Å². The zero-order chi connectivity index (χ0) is 16.4. The highest BCUT2D eigenvalue weighted by molar-refractivity contribution is 5.91. The third-order valence-corrected chi connectivity index (χ3v) is 8.62. The lowest BCUT2D eigenvalue weighted by Crippen LogP contribution is -2.51. The molecule has 2 heteroatoms. The van der Waals surface area contributed by atoms with E-state index in [9.17, 15) is 9.90 Å². The van der Waals surface area contributed by atoms with Gasteiger partial charge in [-0.25, -0.2) is 0 Å². The first-order valence-electron chi connectivity index (χ1n) is 9.78. The molecule has 2 nitrogen and oxygen atoms in total. The van der Waals surface area contributed by atoms with Gasteiger partial charge in [0.25, 0.3) is 0 Å². The van der Waals surface area contributed by atoms with Gasteiger partial charge in [-0.1, -0.05) is 19.4 Å². The Hall–Kier alpha value is -0.630. The zero-order valence-corrected chi connectivity index (χ0v) is 15.0. The van der Waals surface area contributed by atoms with E-state index in [1.165, 1.54) is 37.7 Å². The van der Waals surface area contributed by atoms with Crippen molar-refractivity contribution >= 4 is 5.78 Å². The van der Waals surface area contributed by atoms with Crippen molar-refractivity contribution in [3.05, 3.63) is 11.6 Å². The topological polar surface area (TPSA) is 37.3 Å². The highest BCUT2D eigenvalue weighted by Gasteiger charge is 2.59. The molecule has 0 saturated heterocycles. The van der Waals surface area contributed by atoms with Crippen LogP contribution >= 0.6 is 0 Å². The summed E-state index contributed by atoms with van der Waals surface area (Å²) in [7, 11) is 0. The molecule has 0 aromatic carbocycles. The van der Waals surface area contributed by atoms with Crippen LogP contribution in [0.5, 0.6) is 0 Å². The number of carbonyl (C=O) groups excluding carboxylic acids is 1. The summed E-state index contributed by atoms with van der Waals surface area (Å²) in [5, 5.41) is 10.3. The highest BCUT2D eigenvalue weighted by Crippen LogP contribution is 2.66. The van der Waals surface area contributed by atoms with Gasteiger partial charge < -0.3 is 5.11 Å². The molecule has 128 valence electrons. The van der Waals surface area contributed by atoms with Crippen LogP contribution in [0.4, 0.5) is 0 Å². The SMILES string of the molecule is CC(O)C1CC[C@H]2[C@@H]3CCC4=CC(=O)CC[C@]4(C)[C@H]3CC[C@]12C. The molecule has 4 aliphatic carbocycles. The van der Waals surface area contributed by atoms with Crippen molar-refractivity contribution in [2.75, 3.05) is 0 Å². The second kappa shape index (κ2) is 5.18. The Kier molecular flexibility index (Phi) is 3.58. The third kappa shape index (κ3) is 2.13. The Bertz CT molecular complexity index is 548. The molecule has 7 atom stereocenters. The number of aliphatic hydroxyl groups is 1. The van der Waals surface area contributed by atoms with Gasteiger partial charge in [-0.2, -0.15) is 0 Å². The molecule has 0 amide bonds. The predicted octanol–water partition coefficient (Wildman–Crippen LogP) is 4.52. The fourth-order valence-corrected chi connectivity index (χ4v) is 7.39. The van der Waals surface area contributed by atoms with E-state index in [1.54, 1.807) is 0 Å². The van der Waals surface area contributed by atoms with Gasteiger partial charge in [0.1, 0.15) is 0 Å². The Morgan fingerprint density at radius 3 is 2.61 bits per heavy atom. The van der Waals surface area contributed by atoms with E-state index in [-0.39, 0.29) is 11.5 Å². The van der Waals surface area contributed by atoms with E-state index in [0.717, 1.165) is 37.0 Å². The predicted molar refractivity (Wildman–Crippen MR) is 91.9 cm³/mol. The van der Waals surface area contributed by atoms with Crippen LogP contribution in [0, 0.1) is 34.5 Å². The standard InChI is InChI=1S/C21H32O2/c1-13(22)17-6-7-18-16-5-4-14-12-15(23)8-10-20(14,2)19(16)9-11-21(17,18)3/h12-13,16-19,22H,4-11H2,1-3H3/t13?,16-,17?,18-,19-,20-,21+/m0/s1. The molecule has 0 aromatic heterocycles. The van der Waals surface area contributed by atoms with Crippen LogP contribution in [-0.4, -0.2) is 17.0 Å². The molecule has 0 heterocycles. The van der Waals surface area contributed by atoms with Crippen molar-refractivity contribution in [3.8, 4) is 0 Å². The minimum absolute atomic E-state index is 0.163. The van der Waals surface area contributed by atoms with Gasteiger partial charge in [0.15, 0.2) is 5.78 Å². The number of fused-ring (bicyclic) bond motifs is 5. The molecule has 4 aliphatic rings. The first-order chi connectivity index (χ1) is 10.9. The van der Waals surface area contributed by atoms with E-state index >= 15 is 0 Å². The summed E-state index contributed by atoms with van der Waals surface area (Å²) in [6.07, 6.45) is 11.1. The van der Waals surface area contributed by atoms with Gasteiger partial charge in [0.05, 0.1) is 6.10 Å². The van der Waals surface area contributed by atoms with E-state index < -0.39 is 0 Å². The number of rotatable bonds is 1. The number of carbonyl (C=O) groups is 1. The highest BCUT2D eigenvalue weighted by atomic mass is 16.3. The summed E-state index contributed by atoms with van der Waals surface area (Å²) in [5.41, 5.74) is 2.09. The normalized spacial score (nSPS) is 50.6. The van der Waals surface area contributed by atoms with E-state index in [0.29, 0.717) is 17.1 Å². The first-order valence-corrected chi connectivity index (χ1v) is 9.78. The maximum atomic E-state index is 11.9. The number of aliphatic hydroxyl groups excluding tert-OH is 1. The van der Waals surface area contributed by atoms with Crippen LogP contribution in [0.2, 0.25) is 0 Å². The molecule has 0 spiro atoms. The molecule has 0 aliphatic heterocycles. The molecule has 0 bridgehead atoms. The van der Waals surface area contributed by atoms with Gasteiger partial charge in [0.2, 0.25) is 0 Å². The largest absolute Gasteiger partial charge is 0.393 e. The first kappa shape index (κ1) is 15.9. The maximum Gasteiger partial charge on any atom is 0.155 e. The van der Waals surface area contributed by atoms with Crippen molar-refractivity contribution in [2.45, 2.75) is 78.2 Å². The van der Waals surface area contributed by atoms with Gasteiger partial charge in [-0.05, 0) is 92.4 Å². The Morgan fingerprint density at radius 2 is 1.87 bits per heavy atom. The molecule has 0 radical (unpaired) electrons. The summed E-state index contributed by atoms with van der Waals surface area (Å²) in [6.45, 7) is 6.92. The van der Waals surface area contributed by atoms with Gasteiger partial charge in [-0.15, -0.1) is 0 Å². The molecule has 3 fully saturated rings. The second-order valence-corrected chi connectivity index (χ2v) is 9.44. The number of allylic oxidation sites excluding steroid dienone is 1. The fraction of sp³-hybridized carbons (Fsp3) is 0.857. The lowest BCUT2D eigenvalue weighted by molar-refractivity contribution is -0.117. The molecule has 1 N–H and O–H groups in total. The van der Waals surface area contributed by atoms with Gasteiger partial charge in [-0.3, -0.25) is 4.79 Å². The van der Waals surface area contributed by atoms with Crippen molar-refractivity contribution < 1.29 is 9.90 Å². The molecule has 23 heavy (non-hydrogen) atoms. The average Bonchev–Trinajstić information content (AvgIpc) is 2.85. The van der Waals surface area contributed by atoms with Crippen molar-refractivity contribution in [1.82, 2.24) is 0 Å². The molecular weight excluding hydrogens is 284 g/mol. The van der Waals surface area contributed by atoms with E-state index in [2.05, 4.69) is 13.8 Å². The summed E-state index contributed by atoms with van der Waals surface area (Å²) in [4.78, 5) is 11.9. The number of hydrogen-bond donors (Lipinski definition) is 1. The molecule has 3 saturated carbocycles. The third-order valence-electron chi connectivity index (χ3n) is 8.62. The Morgan fingerprint density at radius 1 is 1.09 bits per heavy atom. The zero-order valence-electron chi connectivity index (χ0n) is 15.0. The monoisotopic (exact) mass is 316 g/mol. The Labute approximate surface area is 140 Å². The van der Waals surface area contributed by atoms with Crippen LogP contribution in [0.1, 0.15) is 72.1 Å².